The summed E-state index contributed by atoms with van der Waals surface area (Å²) in [6, 6.07) is 27.4. The number of nitrogens with zero attached hydrogens (tertiary/aromatic N) is 2. The molecule has 0 aliphatic rings. The van der Waals surface area contributed by atoms with Gasteiger partial charge in [0.25, 0.3) is 10.0 Å². The van der Waals surface area contributed by atoms with Crippen LogP contribution in [-0.4, -0.2) is 44.3 Å². The lowest BCUT2D eigenvalue weighted by atomic mass is 10.0. The normalized spacial score (nSPS) is 11.9. The van der Waals surface area contributed by atoms with Gasteiger partial charge in [-0.2, -0.15) is 0 Å². The van der Waals surface area contributed by atoms with E-state index in [1.807, 2.05) is 51.1 Å². The third kappa shape index (κ3) is 8.32. The average molecular weight is 616 g/mol. The van der Waals surface area contributed by atoms with E-state index in [1.165, 1.54) is 29.2 Å². The largest absolute Gasteiger partial charge is 0.354 e. The van der Waals surface area contributed by atoms with Crippen LogP contribution < -0.4 is 9.62 Å². The van der Waals surface area contributed by atoms with E-state index >= 15 is 0 Å². The molecule has 4 aromatic rings. The summed E-state index contributed by atoms with van der Waals surface area (Å²) in [6.45, 7) is 5.53. The molecule has 0 saturated carbocycles. The van der Waals surface area contributed by atoms with E-state index in [0.717, 1.165) is 21.0 Å². The molecule has 0 radical (unpaired) electrons. The van der Waals surface area contributed by atoms with Crippen molar-refractivity contribution in [3.63, 3.8) is 0 Å². The Labute approximate surface area is 259 Å². The van der Waals surface area contributed by atoms with E-state index in [0.29, 0.717) is 24.2 Å². The fraction of sp³-hybridized carbons (Fsp3) is 0.257. The Hall–Kier alpha value is -4.50. The zero-order valence-electron chi connectivity index (χ0n) is 25.2. The second-order valence-corrected chi connectivity index (χ2v) is 12.7. The highest BCUT2D eigenvalue weighted by Gasteiger charge is 2.34. The van der Waals surface area contributed by atoms with Crippen molar-refractivity contribution in [2.45, 2.75) is 51.1 Å². The van der Waals surface area contributed by atoms with Gasteiger partial charge >= 0.3 is 0 Å². The topological polar surface area (TPSA) is 86.8 Å². The summed E-state index contributed by atoms with van der Waals surface area (Å²) in [5.74, 6) is -1.35. The first-order chi connectivity index (χ1) is 21.1. The van der Waals surface area contributed by atoms with E-state index in [-0.39, 0.29) is 23.8 Å². The van der Waals surface area contributed by atoms with E-state index in [9.17, 15) is 22.4 Å². The van der Waals surface area contributed by atoms with Crippen LogP contribution in [0.5, 0.6) is 0 Å². The lowest BCUT2D eigenvalue weighted by molar-refractivity contribution is -0.140. The molecule has 1 atom stereocenters. The molecule has 230 valence electrons. The molecule has 4 aromatic carbocycles. The Morgan fingerprint density at radius 2 is 1.39 bits per heavy atom. The molecule has 0 fully saturated rings. The van der Waals surface area contributed by atoms with E-state index in [2.05, 4.69) is 5.32 Å². The van der Waals surface area contributed by atoms with Crippen molar-refractivity contribution in [3.8, 4) is 0 Å². The van der Waals surface area contributed by atoms with Crippen LogP contribution >= 0.6 is 0 Å². The lowest BCUT2D eigenvalue weighted by Crippen LogP contribution is -2.53. The number of carbonyl (C=O) groups is 2. The molecule has 0 aliphatic carbocycles. The van der Waals surface area contributed by atoms with Crippen LogP contribution in [0.25, 0.3) is 0 Å². The molecule has 0 aliphatic heterocycles. The first kappa shape index (κ1) is 32.4. The molecule has 0 aromatic heterocycles. The predicted octanol–water partition coefficient (Wildman–Crippen LogP) is 5.80. The molecule has 7 nitrogen and oxygen atoms in total. The highest BCUT2D eigenvalue weighted by atomic mass is 32.2. The summed E-state index contributed by atoms with van der Waals surface area (Å²) in [5, 5.41) is 2.91. The average Bonchev–Trinajstić information content (AvgIpc) is 3.02. The van der Waals surface area contributed by atoms with Crippen LogP contribution in [0.1, 0.15) is 35.6 Å². The van der Waals surface area contributed by atoms with Crippen molar-refractivity contribution < 1.29 is 22.4 Å². The van der Waals surface area contributed by atoms with Crippen molar-refractivity contribution in [1.29, 1.82) is 0 Å². The molecular formula is C35H38FN3O4S. The zero-order valence-corrected chi connectivity index (χ0v) is 26.1. The second-order valence-electron chi connectivity index (χ2n) is 10.8. The molecule has 0 unspecified atom stereocenters. The molecule has 9 heteroatoms. The number of benzene rings is 4. The Kier molecular flexibility index (Phi) is 10.9. The van der Waals surface area contributed by atoms with Gasteiger partial charge in [-0.25, -0.2) is 12.8 Å². The third-order valence-electron chi connectivity index (χ3n) is 7.30. The SMILES string of the molecule is CCCNC(=O)[C@H](Cc1ccccc1)N(Cc1ccc(F)cc1)C(=O)CN(c1ccc(C)cc1)S(=O)(=O)c1ccc(C)cc1. The van der Waals surface area contributed by atoms with Crippen molar-refractivity contribution in [3.05, 3.63) is 131 Å². The van der Waals surface area contributed by atoms with Crippen LogP contribution in [0.3, 0.4) is 0 Å². The fourth-order valence-corrected chi connectivity index (χ4v) is 6.20. The number of anilines is 1. The van der Waals surface area contributed by atoms with Crippen LogP contribution in [0.15, 0.2) is 108 Å². The van der Waals surface area contributed by atoms with Gasteiger partial charge in [-0.05, 0) is 67.8 Å². The monoisotopic (exact) mass is 615 g/mol. The Morgan fingerprint density at radius 1 is 0.795 bits per heavy atom. The minimum atomic E-state index is -4.17. The van der Waals surface area contributed by atoms with E-state index in [1.54, 1.807) is 48.5 Å². The number of carbonyl (C=O) groups excluding carboxylic acids is 2. The number of sulfonamides is 1. The van der Waals surface area contributed by atoms with Gasteiger partial charge in [0.1, 0.15) is 18.4 Å². The molecule has 0 heterocycles. The Balaban J connectivity index is 1.78. The predicted molar refractivity (Wildman–Crippen MR) is 171 cm³/mol. The van der Waals surface area contributed by atoms with Crippen LogP contribution in [0, 0.1) is 19.7 Å². The molecule has 2 amide bonds. The van der Waals surface area contributed by atoms with Gasteiger partial charge in [-0.15, -0.1) is 0 Å². The second kappa shape index (κ2) is 14.8. The molecule has 0 saturated heterocycles. The van der Waals surface area contributed by atoms with Gasteiger partial charge < -0.3 is 10.2 Å². The number of halogens is 1. The van der Waals surface area contributed by atoms with E-state index < -0.39 is 34.3 Å². The molecule has 44 heavy (non-hydrogen) atoms. The lowest BCUT2D eigenvalue weighted by Gasteiger charge is -2.34. The number of amides is 2. The Bertz CT molecular complexity index is 1640. The van der Waals surface area contributed by atoms with Crippen molar-refractivity contribution in [2.24, 2.45) is 0 Å². The summed E-state index contributed by atoms with van der Waals surface area (Å²) >= 11 is 0. The van der Waals surface area contributed by atoms with Gasteiger partial charge in [0.05, 0.1) is 10.6 Å². The van der Waals surface area contributed by atoms with Gasteiger partial charge in [-0.1, -0.05) is 84.8 Å². The van der Waals surface area contributed by atoms with Crippen molar-refractivity contribution in [2.75, 3.05) is 17.4 Å². The standard InChI is InChI=1S/C35H38FN3O4S/c1-4-22-37-35(41)33(23-28-8-6-5-7-9-28)38(24-29-14-16-30(36)17-15-29)34(40)25-39(31-18-10-26(2)11-19-31)44(42,43)32-20-12-27(3)13-21-32/h5-21,33H,4,22-25H2,1-3H3,(H,37,41)/t33-/m0/s1. The van der Waals surface area contributed by atoms with Gasteiger partial charge in [0.15, 0.2) is 0 Å². The van der Waals surface area contributed by atoms with Crippen LogP contribution in [-0.2, 0) is 32.6 Å². The summed E-state index contributed by atoms with van der Waals surface area (Å²) in [4.78, 5) is 29.5. The smallest absolute Gasteiger partial charge is 0.264 e. The summed E-state index contributed by atoms with van der Waals surface area (Å²) in [5.41, 5.74) is 3.59. The number of rotatable bonds is 13. The van der Waals surface area contributed by atoms with Crippen molar-refractivity contribution >= 4 is 27.5 Å². The molecule has 1 N–H and O–H groups in total. The molecule has 0 spiro atoms. The van der Waals surface area contributed by atoms with E-state index in [4.69, 9.17) is 0 Å². The summed E-state index contributed by atoms with van der Waals surface area (Å²) in [7, 11) is -4.17. The first-order valence-corrected chi connectivity index (χ1v) is 16.0. The maximum Gasteiger partial charge on any atom is 0.264 e. The van der Waals surface area contributed by atoms with Gasteiger partial charge in [-0.3, -0.25) is 13.9 Å². The number of nitrogens with one attached hydrogen (secondary N) is 1. The third-order valence-corrected chi connectivity index (χ3v) is 9.08. The number of hydrogen-bond acceptors (Lipinski definition) is 4. The summed E-state index contributed by atoms with van der Waals surface area (Å²) in [6.07, 6.45) is 0.907. The van der Waals surface area contributed by atoms with Gasteiger partial charge in [0.2, 0.25) is 11.8 Å². The minimum absolute atomic E-state index is 0.0253. The van der Waals surface area contributed by atoms with Gasteiger partial charge in [0, 0.05) is 19.5 Å². The zero-order chi connectivity index (χ0) is 31.7. The molecule has 0 bridgehead atoms. The van der Waals surface area contributed by atoms with Crippen molar-refractivity contribution in [1.82, 2.24) is 10.2 Å². The quantitative estimate of drug-likeness (QED) is 0.206. The number of hydrogen-bond donors (Lipinski definition) is 1. The minimum Gasteiger partial charge on any atom is -0.354 e. The fourth-order valence-electron chi connectivity index (χ4n) is 4.78. The summed E-state index contributed by atoms with van der Waals surface area (Å²) < 4.78 is 43.0. The Morgan fingerprint density at radius 3 is 1.98 bits per heavy atom. The maximum atomic E-state index is 14.4. The van der Waals surface area contributed by atoms with Crippen LogP contribution in [0.4, 0.5) is 10.1 Å². The molecule has 4 rings (SSSR count). The van der Waals surface area contributed by atoms with Crippen LogP contribution in [0.2, 0.25) is 0 Å². The first-order valence-electron chi connectivity index (χ1n) is 14.6. The highest BCUT2D eigenvalue weighted by molar-refractivity contribution is 7.92. The number of aryl methyl sites for hydroxylation is 2. The molecular weight excluding hydrogens is 577 g/mol. The maximum absolute atomic E-state index is 14.4. The highest BCUT2D eigenvalue weighted by Crippen LogP contribution is 2.26.